The van der Waals surface area contributed by atoms with Gasteiger partial charge in [0.25, 0.3) is 5.69 Å². The Balaban J connectivity index is 2.54. The van der Waals surface area contributed by atoms with Crippen molar-refractivity contribution in [1.82, 2.24) is 10.2 Å². The zero-order valence-electron chi connectivity index (χ0n) is 21.6. The van der Waals surface area contributed by atoms with Gasteiger partial charge in [-0.05, 0) is 43.9 Å². The van der Waals surface area contributed by atoms with E-state index in [-0.39, 0.29) is 36.3 Å². The molecule has 37 heavy (non-hydrogen) atoms. The highest BCUT2D eigenvalue weighted by atomic mass is 35.5. The number of hydrogen-bond donors (Lipinski definition) is 1. The number of amides is 2. The lowest BCUT2D eigenvalue weighted by molar-refractivity contribution is -0.384. The van der Waals surface area contributed by atoms with Gasteiger partial charge >= 0.3 is 0 Å². The number of hydrogen-bond acceptors (Lipinski definition) is 6. The molecule has 12 heteroatoms. The fourth-order valence-electron chi connectivity index (χ4n) is 3.75. The highest BCUT2D eigenvalue weighted by molar-refractivity contribution is 7.92. The second-order valence-electron chi connectivity index (χ2n) is 8.85. The maximum absolute atomic E-state index is 13.7. The van der Waals surface area contributed by atoms with Gasteiger partial charge in [0.05, 0.1) is 16.9 Å². The van der Waals surface area contributed by atoms with Gasteiger partial charge in [-0.15, -0.1) is 0 Å². The fraction of sp³-hybridized carbons (Fsp3) is 0.440. The van der Waals surface area contributed by atoms with E-state index < -0.39 is 33.4 Å². The molecule has 0 radical (unpaired) electrons. The van der Waals surface area contributed by atoms with Crippen LogP contribution in [0.5, 0.6) is 0 Å². The third kappa shape index (κ3) is 7.90. The molecule has 0 saturated carbocycles. The maximum atomic E-state index is 13.7. The Labute approximate surface area is 222 Å². The molecule has 0 fully saturated rings. The molecule has 2 rings (SSSR count). The topological polar surface area (TPSA) is 130 Å². The molecule has 2 atom stereocenters. The number of benzene rings is 2. The third-order valence-corrected chi connectivity index (χ3v) is 7.53. The van der Waals surface area contributed by atoms with Crippen molar-refractivity contribution in [2.24, 2.45) is 0 Å². The van der Waals surface area contributed by atoms with Crippen molar-refractivity contribution in [3.8, 4) is 0 Å². The first-order valence-corrected chi connectivity index (χ1v) is 14.1. The predicted octanol–water partition coefficient (Wildman–Crippen LogP) is 4.04. The summed E-state index contributed by atoms with van der Waals surface area (Å²) in [6, 6.07) is 9.65. The number of anilines is 1. The Morgan fingerprint density at radius 1 is 1.14 bits per heavy atom. The quantitative estimate of drug-likeness (QED) is 0.312. The van der Waals surface area contributed by atoms with Crippen molar-refractivity contribution in [1.29, 1.82) is 0 Å². The standard InChI is InChI=1S/C25H33ClN4O6S/c1-6-18(4)27-25(32)22(7-2)28(15-19-10-8-9-11-21(19)26)24(31)16-29(37(5,35)36)23-14-20(30(33)34)13-12-17(23)3/h8-14,18,22H,6-7,15-16H2,1-5H3,(H,27,32). The minimum atomic E-state index is -4.03. The van der Waals surface area contributed by atoms with Crippen LogP contribution in [0.15, 0.2) is 42.5 Å². The summed E-state index contributed by atoms with van der Waals surface area (Å²) >= 11 is 6.34. The van der Waals surface area contributed by atoms with Crippen LogP contribution in [0.1, 0.15) is 44.7 Å². The molecule has 0 bridgehead atoms. The monoisotopic (exact) mass is 552 g/mol. The maximum Gasteiger partial charge on any atom is 0.271 e. The van der Waals surface area contributed by atoms with Crippen LogP contribution in [0.3, 0.4) is 0 Å². The van der Waals surface area contributed by atoms with E-state index in [1.807, 2.05) is 13.8 Å². The van der Waals surface area contributed by atoms with Crippen molar-refractivity contribution < 1.29 is 22.9 Å². The summed E-state index contributed by atoms with van der Waals surface area (Å²) in [5, 5.41) is 14.6. The number of sulfonamides is 1. The smallest absolute Gasteiger partial charge is 0.271 e. The van der Waals surface area contributed by atoms with Gasteiger partial charge < -0.3 is 10.2 Å². The molecule has 0 spiro atoms. The summed E-state index contributed by atoms with van der Waals surface area (Å²) in [7, 11) is -4.03. The molecule has 2 aromatic carbocycles. The van der Waals surface area contributed by atoms with Gasteiger partial charge in [-0.25, -0.2) is 8.42 Å². The van der Waals surface area contributed by atoms with Gasteiger partial charge in [-0.2, -0.15) is 0 Å². The minimum Gasteiger partial charge on any atom is -0.352 e. The molecule has 1 N–H and O–H groups in total. The summed E-state index contributed by atoms with van der Waals surface area (Å²) in [5.41, 5.74) is 0.724. The van der Waals surface area contributed by atoms with E-state index in [0.29, 0.717) is 22.6 Å². The summed E-state index contributed by atoms with van der Waals surface area (Å²) in [5.74, 6) is -1.02. The SMILES string of the molecule is CCC(C)NC(=O)C(CC)N(Cc1ccccc1Cl)C(=O)CN(c1cc([N+](=O)[O-])ccc1C)S(C)(=O)=O. The first kappa shape index (κ1) is 30.0. The second kappa shape index (κ2) is 12.9. The highest BCUT2D eigenvalue weighted by Crippen LogP contribution is 2.28. The second-order valence-corrected chi connectivity index (χ2v) is 11.2. The van der Waals surface area contributed by atoms with Crippen molar-refractivity contribution >= 4 is 44.8 Å². The van der Waals surface area contributed by atoms with Gasteiger partial charge in [-0.1, -0.05) is 49.7 Å². The Hall–Kier alpha value is -3.18. The average Bonchev–Trinajstić information content (AvgIpc) is 2.82. The summed E-state index contributed by atoms with van der Waals surface area (Å²) in [4.78, 5) is 38.9. The molecule has 2 unspecified atom stereocenters. The molecule has 0 saturated heterocycles. The molecule has 10 nitrogen and oxygen atoms in total. The minimum absolute atomic E-state index is 0.0137. The van der Waals surface area contributed by atoms with E-state index in [0.717, 1.165) is 16.6 Å². The lowest BCUT2D eigenvalue weighted by Crippen LogP contribution is -2.53. The summed E-state index contributed by atoms with van der Waals surface area (Å²) in [6.07, 6.45) is 1.88. The van der Waals surface area contributed by atoms with Gasteiger partial charge in [0, 0.05) is 29.7 Å². The van der Waals surface area contributed by atoms with Crippen LogP contribution in [0.2, 0.25) is 5.02 Å². The van der Waals surface area contributed by atoms with Crippen molar-refractivity contribution in [3.63, 3.8) is 0 Å². The number of nitro groups is 1. The van der Waals surface area contributed by atoms with Crippen LogP contribution in [-0.2, 0) is 26.2 Å². The number of carbonyl (C=O) groups is 2. The highest BCUT2D eigenvalue weighted by Gasteiger charge is 2.33. The third-order valence-electron chi connectivity index (χ3n) is 6.04. The number of carbonyl (C=O) groups excluding carboxylic acids is 2. The van der Waals surface area contributed by atoms with Crippen molar-refractivity contribution in [3.05, 3.63) is 68.7 Å². The largest absolute Gasteiger partial charge is 0.352 e. The Kier molecular flexibility index (Phi) is 10.4. The van der Waals surface area contributed by atoms with E-state index >= 15 is 0 Å². The van der Waals surface area contributed by atoms with Crippen LogP contribution in [0.4, 0.5) is 11.4 Å². The molecule has 0 aliphatic heterocycles. The first-order valence-electron chi connectivity index (χ1n) is 11.9. The molecule has 202 valence electrons. The lowest BCUT2D eigenvalue weighted by atomic mass is 10.1. The summed E-state index contributed by atoms with van der Waals surface area (Å²) < 4.78 is 26.4. The predicted molar refractivity (Wildman–Crippen MR) is 144 cm³/mol. The van der Waals surface area contributed by atoms with Gasteiger partial charge in [-0.3, -0.25) is 24.0 Å². The average molecular weight is 553 g/mol. The molecule has 0 aliphatic rings. The van der Waals surface area contributed by atoms with Crippen LogP contribution in [-0.4, -0.2) is 54.9 Å². The molecule has 0 heterocycles. The molecular weight excluding hydrogens is 520 g/mol. The van der Waals surface area contributed by atoms with Crippen LogP contribution >= 0.6 is 11.6 Å². The van der Waals surface area contributed by atoms with Crippen LogP contribution in [0, 0.1) is 17.0 Å². The molecule has 2 aromatic rings. The van der Waals surface area contributed by atoms with E-state index in [9.17, 15) is 28.1 Å². The molecule has 0 aromatic heterocycles. The van der Waals surface area contributed by atoms with Crippen molar-refractivity contribution in [2.75, 3.05) is 17.1 Å². The number of nitrogens with one attached hydrogen (secondary N) is 1. The Bertz CT molecular complexity index is 1250. The number of nitrogens with zero attached hydrogens (tertiary/aromatic N) is 3. The normalized spacial score (nSPS) is 12.9. The fourth-order valence-corrected chi connectivity index (χ4v) is 4.84. The van der Waals surface area contributed by atoms with E-state index in [1.165, 1.54) is 17.0 Å². The van der Waals surface area contributed by atoms with Crippen LogP contribution < -0.4 is 9.62 Å². The number of nitro benzene ring substituents is 1. The van der Waals surface area contributed by atoms with Crippen molar-refractivity contribution in [2.45, 2.75) is 59.2 Å². The number of non-ortho nitro benzene ring substituents is 1. The number of aryl methyl sites for hydroxylation is 1. The Morgan fingerprint density at radius 3 is 2.32 bits per heavy atom. The zero-order chi connectivity index (χ0) is 27.9. The zero-order valence-corrected chi connectivity index (χ0v) is 23.2. The Morgan fingerprint density at radius 2 is 1.78 bits per heavy atom. The molecule has 2 amide bonds. The first-order chi connectivity index (χ1) is 17.3. The molecular formula is C25H33ClN4O6S. The van der Waals surface area contributed by atoms with Gasteiger partial charge in [0.15, 0.2) is 0 Å². The molecule has 0 aliphatic carbocycles. The van der Waals surface area contributed by atoms with E-state index in [1.54, 1.807) is 38.1 Å². The van der Waals surface area contributed by atoms with E-state index in [2.05, 4.69) is 5.32 Å². The van der Waals surface area contributed by atoms with E-state index in [4.69, 9.17) is 11.6 Å². The van der Waals surface area contributed by atoms with Gasteiger partial charge in [0.2, 0.25) is 21.8 Å². The number of rotatable bonds is 12. The summed E-state index contributed by atoms with van der Waals surface area (Å²) in [6.45, 7) is 6.44. The number of halogens is 1. The van der Waals surface area contributed by atoms with Crippen LogP contribution in [0.25, 0.3) is 0 Å². The lowest BCUT2D eigenvalue weighted by Gasteiger charge is -2.33. The van der Waals surface area contributed by atoms with Gasteiger partial charge in [0.1, 0.15) is 12.6 Å².